The maximum absolute atomic E-state index is 13.1. The molecule has 2 rings (SSSR count). The molecule has 1 unspecified atom stereocenters. The quantitative estimate of drug-likeness (QED) is 0.700. The molecule has 0 saturated heterocycles. The van der Waals surface area contributed by atoms with Crippen LogP contribution in [0.15, 0.2) is 12.1 Å². The van der Waals surface area contributed by atoms with Gasteiger partial charge >= 0.3 is 0 Å². The zero-order valence-corrected chi connectivity index (χ0v) is 7.51. The number of rotatable bonds is 0. The van der Waals surface area contributed by atoms with Gasteiger partial charge in [-0.2, -0.15) is 0 Å². The van der Waals surface area contributed by atoms with Crippen molar-refractivity contribution in [3.05, 3.63) is 28.5 Å². The molecule has 0 saturated carbocycles. The molecule has 0 fully saturated rings. The van der Waals surface area contributed by atoms with Crippen LogP contribution in [0.2, 0.25) is 5.02 Å². The third kappa shape index (κ3) is 1.38. The topological polar surface area (TPSA) is 29.5 Å². The Hall–Kier alpha value is -0.800. The van der Waals surface area contributed by atoms with Gasteiger partial charge in [-0.15, -0.1) is 0 Å². The monoisotopic (exact) mass is 202 g/mol. The number of hydrogen-bond donors (Lipinski definition) is 1. The van der Waals surface area contributed by atoms with Crippen molar-refractivity contribution in [2.24, 2.45) is 0 Å². The minimum Gasteiger partial charge on any atom is -0.490 e. The minimum absolute atomic E-state index is 0.0891. The molecule has 1 aromatic carbocycles. The number of aliphatic hydroxyl groups is 1. The Bertz CT molecular complexity index is 341. The highest BCUT2D eigenvalue weighted by Crippen LogP contribution is 2.38. The van der Waals surface area contributed by atoms with Crippen LogP contribution in [-0.2, 0) is 0 Å². The minimum atomic E-state index is -0.716. The SMILES string of the molecule is OC1CCOc2c(F)ccc(Cl)c21. The van der Waals surface area contributed by atoms with Gasteiger partial charge in [0.1, 0.15) is 0 Å². The highest BCUT2D eigenvalue weighted by atomic mass is 35.5. The molecule has 0 radical (unpaired) electrons. The van der Waals surface area contributed by atoms with Crippen LogP contribution in [0.4, 0.5) is 4.39 Å². The fourth-order valence-electron chi connectivity index (χ4n) is 1.42. The van der Waals surface area contributed by atoms with Crippen molar-refractivity contribution >= 4 is 11.6 Å². The molecular formula is C9H8ClFO2. The fraction of sp³-hybridized carbons (Fsp3) is 0.333. The van der Waals surface area contributed by atoms with E-state index in [2.05, 4.69) is 0 Å². The summed E-state index contributed by atoms with van der Waals surface area (Å²) in [4.78, 5) is 0. The van der Waals surface area contributed by atoms with Gasteiger partial charge in [0.2, 0.25) is 0 Å². The number of hydrogen-bond acceptors (Lipinski definition) is 2. The van der Waals surface area contributed by atoms with Gasteiger partial charge in [0.05, 0.1) is 17.7 Å². The molecule has 1 aliphatic rings. The Balaban J connectivity index is 2.60. The Morgan fingerprint density at radius 2 is 2.31 bits per heavy atom. The van der Waals surface area contributed by atoms with E-state index in [0.29, 0.717) is 23.6 Å². The highest BCUT2D eigenvalue weighted by Gasteiger charge is 2.24. The van der Waals surface area contributed by atoms with Gasteiger partial charge in [0.25, 0.3) is 0 Å². The highest BCUT2D eigenvalue weighted by molar-refractivity contribution is 6.31. The van der Waals surface area contributed by atoms with Crippen molar-refractivity contribution in [3.8, 4) is 5.75 Å². The normalized spacial score (nSPS) is 20.7. The Labute approximate surface area is 79.9 Å². The molecule has 2 nitrogen and oxygen atoms in total. The van der Waals surface area contributed by atoms with Gasteiger partial charge in [0, 0.05) is 12.0 Å². The van der Waals surface area contributed by atoms with Crippen LogP contribution >= 0.6 is 11.6 Å². The Morgan fingerprint density at radius 3 is 3.00 bits per heavy atom. The standard InChI is InChI=1S/C9H8ClFO2/c10-5-1-2-6(11)9-8(5)7(12)3-4-13-9/h1-2,7,12H,3-4H2. The van der Waals surface area contributed by atoms with Crippen LogP contribution in [0.1, 0.15) is 18.1 Å². The van der Waals surface area contributed by atoms with E-state index >= 15 is 0 Å². The van der Waals surface area contributed by atoms with Crippen molar-refractivity contribution < 1.29 is 14.2 Å². The second kappa shape index (κ2) is 3.16. The summed E-state index contributed by atoms with van der Waals surface area (Å²) in [6.07, 6.45) is -0.261. The molecule has 0 aliphatic carbocycles. The van der Waals surface area contributed by atoms with E-state index in [1.807, 2.05) is 0 Å². The van der Waals surface area contributed by atoms with E-state index in [1.54, 1.807) is 0 Å². The Kier molecular flexibility index (Phi) is 2.14. The summed E-state index contributed by atoms with van der Waals surface area (Å²) in [5.74, 6) is -0.385. The number of aliphatic hydroxyl groups excluding tert-OH is 1. The van der Waals surface area contributed by atoms with Gasteiger partial charge in [-0.25, -0.2) is 4.39 Å². The van der Waals surface area contributed by atoms with E-state index in [0.717, 1.165) is 0 Å². The lowest BCUT2D eigenvalue weighted by atomic mass is 10.0. The lowest BCUT2D eigenvalue weighted by molar-refractivity contribution is 0.112. The van der Waals surface area contributed by atoms with E-state index in [1.165, 1.54) is 12.1 Å². The largest absolute Gasteiger partial charge is 0.490 e. The van der Waals surface area contributed by atoms with Gasteiger partial charge < -0.3 is 9.84 Å². The number of benzene rings is 1. The van der Waals surface area contributed by atoms with Crippen molar-refractivity contribution in [1.29, 1.82) is 0 Å². The van der Waals surface area contributed by atoms with Crippen LogP contribution in [0.3, 0.4) is 0 Å². The van der Waals surface area contributed by atoms with E-state index in [9.17, 15) is 9.50 Å². The summed E-state index contributed by atoms with van der Waals surface area (Å²) >= 11 is 5.80. The summed E-state index contributed by atoms with van der Waals surface area (Å²) in [7, 11) is 0. The van der Waals surface area contributed by atoms with Gasteiger partial charge in [0.15, 0.2) is 11.6 Å². The molecule has 1 atom stereocenters. The van der Waals surface area contributed by atoms with Crippen LogP contribution in [0.5, 0.6) is 5.75 Å². The number of ether oxygens (including phenoxy) is 1. The lowest BCUT2D eigenvalue weighted by Gasteiger charge is -2.23. The molecule has 0 spiro atoms. The molecule has 1 heterocycles. The molecular weight excluding hydrogens is 195 g/mol. The molecule has 1 aliphatic heterocycles. The van der Waals surface area contributed by atoms with Gasteiger partial charge in [-0.1, -0.05) is 11.6 Å². The molecule has 0 aromatic heterocycles. The summed E-state index contributed by atoms with van der Waals surface area (Å²) in [5, 5.41) is 9.89. The number of fused-ring (bicyclic) bond motifs is 1. The van der Waals surface area contributed by atoms with E-state index in [4.69, 9.17) is 16.3 Å². The first-order valence-electron chi connectivity index (χ1n) is 3.99. The molecule has 70 valence electrons. The maximum atomic E-state index is 13.1. The van der Waals surface area contributed by atoms with E-state index < -0.39 is 11.9 Å². The average Bonchev–Trinajstić information content (AvgIpc) is 2.12. The van der Waals surface area contributed by atoms with Crippen LogP contribution in [-0.4, -0.2) is 11.7 Å². The summed E-state index contributed by atoms with van der Waals surface area (Å²) < 4.78 is 18.2. The second-order valence-corrected chi connectivity index (χ2v) is 3.33. The second-order valence-electron chi connectivity index (χ2n) is 2.92. The van der Waals surface area contributed by atoms with Crippen LogP contribution in [0, 0.1) is 5.82 Å². The Morgan fingerprint density at radius 1 is 1.54 bits per heavy atom. The van der Waals surface area contributed by atoms with E-state index in [-0.39, 0.29) is 5.75 Å². The summed E-state index contributed by atoms with van der Waals surface area (Å²) in [6, 6.07) is 2.66. The molecule has 13 heavy (non-hydrogen) atoms. The van der Waals surface area contributed by atoms with Gasteiger partial charge in [-0.3, -0.25) is 0 Å². The number of halogens is 2. The van der Waals surface area contributed by atoms with Crippen LogP contribution in [0.25, 0.3) is 0 Å². The fourth-order valence-corrected chi connectivity index (χ4v) is 1.70. The smallest absolute Gasteiger partial charge is 0.165 e. The maximum Gasteiger partial charge on any atom is 0.165 e. The zero-order chi connectivity index (χ0) is 9.42. The lowest BCUT2D eigenvalue weighted by Crippen LogP contribution is -2.15. The third-order valence-electron chi connectivity index (χ3n) is 2.07. The molecule has 0 bridgehead atoms. The van der Waals surface area contributed by atoms with Crippen molar-refractivity contribution in [2.75, 3.05) is 6.61 Å². The molecule has 4 heteroatoms. The summed E-state index contributed by atoms with van der Waals surface area (Å²) in [6.45, 7) is 0.325. The first kappa shape index (κ1) is 8.78. The third-order valence-corrected chi connectivity index (χ3v) is 2.40. The predicted octanol–water partition coefficient (Wildman–Crippen LogP) is 2.30. The predicted molar refractivity (Wildman–Crippen MR) is 46.5 cm³/mol. The zero-order valence-electron chi connectivity index (χ0n) is 6.76. The molecule has 1 aromatic rings. The first-order valence-corrected chi connectivity index (χ1v) is 4.36. The summed E-state index contributed by atoms with van der Waals surface area (Å²) in [5.41, 5.74) is 0.368. The first-order chi connectivity index (χ1) is 6.20. The van der Waals surface area contributed by atoms with Crippen molar-refractivity contribution in [3.63, 3.8) is 0 Å². The molecule has 1 N–H and O–H groups in total. The average molecular weight is 203 g/mol. The van der Waals surface area contributed by atoms with Crippen LogP contribution < -0.4 is 4.74 Å². The van der Waals surface area contributed by atoms with Gasteiger partial charge in [-0.05, 0) is 12.1 Å². The van der Waals surface area contributed by atoms with Crippen molar-refractivity contribution in [2.45, 2.75) is 12.5 Å². The molecule has 0 amide bonds. The van der Waals surface area contributed by atoms with Crippen molar-refractivity contribution in [1.82, 2.24) is 0 Å².